The standard InChI is InChI=1S/C20H16ClN5O4/c1-12-19(23-25-26(12)17-6-4-3-5-16(17)21)20(27)29-15-9-7-14(8-10-15)28-11-18-22-13(2)24-30-18/h3-10H,11H2,1-2H3. The number of carbonyl (C=O) groups excluding carboxylic acids is 1. The van der Waals surface area contributed by atoms with Crippen LogP contribution in [0.3, 0.4) is 0 Å². The third-order valence-corrected chi connectivity index (χ3v) is 4.45. The summed E-state index contributed by atoms with van der Waals surface area (Å²) in [6.45, 7) is 3.59. The minimum atomic E-state index is -0.624. The van der Waals surface area contributed by atoms with E-state index < -0.39 is 5.97 Å². The van der Waals surface area contributed by atoms with Gasteiger partial charge >= 0.3 is 5.97 Å². The van der Waals surface area contributed by atoms with Gasteiger partial charge in [0, 0.05) is 0 Å². The van der Waals surface area contributed by atoms with Gasteiger partial charge in [0.25, 0.3) is 5.89 Å². The summed E-state index contributed by atoms with van der Waals surface area (Å²) in [6, 6.07) is 13.7. The molecule has 0 radical (unpaired) electrons. The van der Waals surface area contributed by atoms with Crippen molar-refractivity contribution in [2.24, 2.45) is 0 Å². The third kappa shape index (κ3) is 4.15. The molecule has 0 bridgehead atoms. The predicted molar refractivity (Wildman–Crippen MR) is 106 cm³/mol. The van der Waals surface area contributed by atoms with E-state index in [1.165, 1.54) is 4.68 Å². The minimum absolute atomic E-state index is 0.0991. The summed E-state index contributed by atoms with van der Waals surface area (Å²) in [7, 11) is 0. The summed E-state index contributed by atoms with van der Waals surface area (Å²) in [6.07, 6.45) is 0. The van der Waals surface area contributed by atoms with E-state index in [0.717, 1.165) is 0 Å². The highest BCUT2D eigenvalue weighted by Crippen LogP contribution is 2.23. The van der Waals surface area contributed by atoms with Gasteiger partial charge in [0.2, 0.25) is 0 Å². The van der Waals surface area contributed by atoms with Crippen molar-refractivity contribution in [1.82, 2.24) is 25.1 Å². The highest BCUT2D eigenvalue weighted by Gasteiger charge is 2.20. The number of esters is 1. The van der Waals surface area contributed by atoms with Crippen LogP contribution in [0.4, 0.5) is 0 Å². The lowest BCUT2D eigenvalue weighted by atomic mass is 10.3. The third-order valence-electron chi connectivity index (χ3n) is 4.13. The zero-order chi connectivity index (χ0) is 21.1. The molecule has 2 aromatic carbocycles. The van der Waals surface area contributed by atoms with Gasteiger partial charge < -0.3 is 14.0 Å². The SMILES string of the molecule is Cc1noc(COc2ccc(OC(=O)c3nnn(-c4ccccc4Cl)c3C)cc2)n1. The summed E-state index contributed by atoms with van der Waals surface area (Å²) in [4.78, 5) is 16.6. The number of para-hydroxylation sites is 1. The van der Waals surface area contributed by atoms with Gasteiger partial charge in [0.1, 0.15) is 11.5 Å². The van der Waals surface area contributed by atoms with E-state index in [9.17, 15) is 4.79 Å². The number of nitrogens with zero attached hydrogens (tertiary/aromatic N) is 5. The molecular formula is C20H16ClN5O4. The van der Waals surface area contributed by atoms with Crippen LogP contribution in [0, 0.1) is 13.8 Å². The first-order valence-corrected chi connectivity index (χ1v) is 9.30. The van der Waals surface area contributed by atoms with E-state index in [-0.39, 0.29) is 12.3 Å². The maximum atomic E-state index is 12.5. The Balaban J connectivity index is 1.42. The van der Waals surface area contributed by atoms with Crippen LogP contribution in [-0.2, 0) is 6.61 Å². The van der Waals surface area contributed by atoms with Crippen molar-refractivity contribution in [2.75, 3.05) is 0 Å². The molecule has 0 aliphatic carbocycles. The number of aromatic nitrogens is 5. The van der Waals surface area contributed by atoms with Crippen molar-refractivity contribution in [2.45, 2.75) is 20.5 Å². The number of carbonyl (C=O) groups is 1. The highest BCUT2D eigenvalue weighted by molar-refractivity contribution is 6.32. The number of aryl methyl sites for hydroxylation is 1. The smallest absolute Gasteiger partial charge is 0.366 e. The molecule has 0 saturated heterocycles. The lowest BCUT2D eigenvalue weighted by Crippen LogP contribution is -2.11. The molecule has 4 rings (SSSR count). The fraction of sp³-hybridized carbons (Fsp3) is 0.150. The molecule has 0 unspecified atom stereocenters. The molecule has 0 saturated carbocycles. The topological polar surface area (TPSA) is 105 Å². The first kappa shape index (κ1) is 19.6. The lowest BCUT2D eigenvalue weighted by molar-refractivity contribution is 0.0727. The molecule has 152 valence electrons. The maximum absolute atomic E-state index is 12.5. The molecule has 0 amide bonds. The van der Waals surface area contributed by atoms with Gasteiger partial charge in [0.05, 0.1) is 16.4 Å². The van der Waals surface area contributed by atoms with Gasteiger partial charge in [-0.3, -0.25) is 0 Å². The molecule has 2 heterocycles. The average Bonchev–Trinajstić information content (AvgIpc) is 3.33. The highest BCUT2D eigenvalue weighted by atomic mass is 35.5. The Morgan fingerprint density at radius 1 is 1.10 bits per heavy atom. The fourth-order valence-corrected chi connectivity index (χ4v) is 2.89. The van der Waals surface area contributed by atoms with Crippen LogP contribution in [0.25, 0.3) is 5.69 Å². The van der Waals surface area contributed by atoms with Crippen LogP contribution < -0.4 is 9.47 Å². The van der Waals surface area contributed by atoms with Crippen molar-refractivity contribution < 1.29 is 18.8 Å². The molecule has 9 nitrogen and oxygen atoms in total. The molecule has 0 fully saturated rings. The minimum Gasteiger partial charge on any atom is -0.484 e. The first-order chi connectivity index (χ1) is 14.5. The van der Waals surface area contributed by atoms with Crippen molar-refractivity contribution in [3.05, 3.63) is 76.7 Å². The number of hydrogen-bond acceptors (Lipinski definition) is 8. The molecular weight excluding hydrogens is 410 g/mol. The number of ether oxygens (including phenoxy) is 2. The van der Waals surface area contributed by atoms with E-state index in [4.69, 9.17) is 25.6 Å². The Hall–Kier alpha value is -3.72. The summed E-state index contributed by atoms with van der Waals surface area (Å²) in [5.41, 5.74) is 1.24. The van der Waals surface area contributed by atoms with Crippen molar-refractivity contribution in [3.8, 4) is 17.2 Å². The zero-order valence-corrected chi connectivity index (χ0v) is 16.8. The predicted octanol–water partition coefficient (Wildman–Crippen LogP) is 3.72. The van der Waals surface area contributed by atoms with Crippen molar-refractivity contribution in [3.63, 3.8) is 0 Å². The molecule has 4 aromatic rings. The van der Waals surface area contributed by atoms with Crippen molar-refractivity contribution >= 4 is 17.6 Å². The lowest BCUT2D eigenvalue weighted by Gasteiger charge is -2.07. The Morgan fingerprint density at radius 3 is 2.53 bits per heavy atom. The second-order valence-corrected chi connectivity index (χ2v) is 6.68. The molecule has 0 aliphatic heterocycles. The molecule has 0 atom stereocenters. The molecule has 10 heteroatoms. The number of benzene rings is 2. The number of rotatable bonds is 6. The van der Waals surface area contributed by atoms with E-state index in [0.29, 0.717) is 39.6 Å². The monoisotopic (exact) mass is 425 g/mol. The maximum Gasteiger partial charge on any atom is 0.366 e. The molecule has 0 N–H and O–H groups in total. The molecule has 30 heavy (non-hydrogen) atoms. The summed E-state index contributed by atoms with van der Waals surface area (Å²) in [5, 5.41) is 12.2. The van der Waals surface area contributed by atoms with Crippen LogP contribution in [-0.4, -0.2) is 31.1 Å². The van der Waals surface area contributed by atoms with E-state index >= 15 is 0 Å². The van der Waals surface area contributed by atoms with E-state index in [2.05, 4.69) is 20.5 Å². The van der Waals surface area contributed by atoms with Crippen LogP contribution in [0.1, 0.15) is 27.9 Å². The van der Waals surface area contributed by atoms with Gasteiger partial charge in [-0.1, -0.05) is 34.1 Å². The average molecular weight is 426 g/mol. The summed E-state index contributed by atoms with van der Waals surface area (Å²) < 4.78 is 17.4. The second kappa shape index (κ2) is 8.34. The van der Waals surface area contributed by atoms with Gasteiger partial charge in [0.15, 0.2) is 18.1 Å². The van der Waals surface area contributed by atoms with Crippen molar-refractivity contribution in [1.29, 1.82) is 0 Å². The quantitative estimate of drug-likeness (QED) is 0.340. The van der Waals surface area contributed by atoms with Gasteiger partial charge in [-0.25, -0.2) is 9.48 Å². The van der Waals surface area contributed by atoms with Gasteiger partial charge in [-0.2, -0.15) is 4.98 Å². The Morgan fingerprint density at radius 2 is 1.83 bits per heavy atom. The van der Waals surface area contributed by atoms with Crippen LogP contribution >= 0.6 is 11.6 Å². The van der Waals surface area contributed by atoms with Crippen LogP contribution in [0.15, 0.2) is 53.1 Å². The first-order valence-electron chi connectivity index (χ1n) is 8.92. The van der Waals surface area contributed by atoms with Gasteiger partial charge in [-0.05, 0) is 50.2 Å². The second-order valence-electron chi connectivity index (χ2n) is 6.27. The molecule has 0 spiro atoms. The number of hydrogen-bond donors (Lipinski definition) is 0. The zero-order valence-electron chi connectivity index (χ0n) is 16.1. The largest absolute Gasteiger partial charge is 0.484 e. The normalized spacial score (nSPS) is 10.8. The molecule has 0 aliphatic rings. The van der Waals surface area contributed by atoms with Crippen LogP contribution in [0.5, 0.6) is 11.5 Å². The van der Waals surface area contributed by atoms with E-state index in [1.54, 1.807) is 50.2 Å². The van der Waals surface area contributed by atoms with Gasteiger partial charge in [-0.15, -0.1) is 5.10 Å². The Labute approximate surface area is 176 Å². The molecule has 2 aromatic heterocycles. The summed E-state index contributed by atoms with van der Waals surface area (Å²) >= 11 is 6.20. The van der Waals surface area contributed by atoms with Crippen LogP contribution in [0.2, 0.25) is 5.02 Å². The Kier molecular flexibility index (Phi) is 5.44. The number of halogens is 1. The summed E-state index contributed by atoms with van der Waals surface area (Å²) in [5.74, 6) is 1.19. The van der Waals surface area contributed by atoms with E-state index in [1.807, 2.05) is 12.1 Å². The fourth-order valence-electron chi connectivity index (χ4n) is 2.67. The Bertz CT molecular complexity index is 1190.